The zero-order valence-corrected chi connectivity index (χ0v) is 21.2. The summed E-state index contributed by atoms with van der Waals surface area (Å²) in [6.45, 7) is 13.6. The summed E-state index contributed by atoms with van der Waals surface area (Å²) in [4.78, 5) is 0. The van der Waals surface area contributed by atoms with E-state index in [1.165, 1.54) is 54.9 Å². The molecular weight excluding hydrogens is 408 g/mol. The van der Waals surface area contributed by atoms with Crippen molar-refractivity contribution in [3.8, 4) is 22.3 Å². The zero-order valence-electron chi connectivity index (χ0n) is 21.2. The fraction of sp³-hybridized carbons (Fsp3) is 0.235. The molecule has 0 saturated heterocycles. The maximum Gasteiger partial charge on any atom is -0.00264 e. The van der Waals surface area contributed by atoms with Gasteiger partial charge in [-0.15, -0.1) is 0 Å². The average Bonchev–Trinajstić information content (AvgIpc) is 2.81. The van der Waals surface area contributed by atoms with Crippen molar-refractivity contribution in [1.82, 2.24) is 0 Å². The molecule has 170 valence electrons. The largest absolute Gasteiger partial charge is 0.0616 e. The van der Waals surface area contributed by atoms with E-state index in [4.69, 9.17) is 0 Å². The van der Waals surface area contributed by atoms with Gasteiger partial charge in [-0.1, -0.05) is 139 Å². The summed E-state index contributed by atoms with van der Waals surface area (Å²) in [6, 6.07) is 36.1. The van der Waals surface area contributed by atoms with E-state index < -0.39 is 0 Å². The molecule has 0 fully saturated rings. The Morgan fingerprint density at radius 2 is 0.618 bits per heavy atom. The van der Waals surface area contributed by atoms with Crippen LogP contribution < -0.4 is 0 Å². The number of hydrogen-bond donors (Lipinski definition) is 0. The van der Waals surface area contributed by atoms with Crippen molar-refractivity contribution in [2.45, 2.75) is 52.4 Å². The Kier molecular flexibility index (Phi) is 5.36. The minimum absolute atomic E-state index is 0.145. The van der Waals surface area contributed by atoms with Crippen LogP contribution in [0.4, 0.5) is 0 Å². The van der Waals surface area contributed by atoms with Crippen LogP contribution in [0.15, 0.2) is 97.1 Å². The molecule has 5 aromatic rings. The second kappa shape index (κ2) is 8.13. The van der Waals surface area contributed by atoms with Crippen molar-refractivity contribution in [3.05, 3.63) is 108 Å². The predicted molar refractivity (Wildman–Crippen MR) is 150 cm³/mol. The van der Waals surface area contributed by atoms with Crippen molar-refractivity contribution in [2.24, 2.45) is 0 Å². The summed E-state index contributed by atoms with van der Waals surface area (Å²) in [5, 5.41) is 5.22. The smallest absolute Gasteiger partial charge is 0.00264 e. The summed E-state index contributed by atoms with van der Waals surface area (Å²) in [6.07, 6.45) is 0. The standard InChI is InChI=1S/C34H34/c1-33(2,3)25-19-15-23(16-20-25)31-27-11-7-9-13-29(27)32(30-14-10-8-12-28(30)31)24-17-21-26(22-18-24)34(4,5)6/h7-22H,1-6H3. The Labute approximate surface area is 204 Å². The highest BCUT2D eigenvalue weighted by molar-refractivity contribution is 6.21. The lowest BCUT2D eigenvalue weighted by Crippen LogP contribution is -2.10. The zero-order chi connectivity index (χ0) is 24.1. The molecule has 0 saturated carbocycles. The van der Waals surface area contributed by atoms with Gasteiger partial charge in [0.25, 0.3) is 0 Å². The minimum atomic E-state index is 0.145. The van der Waals surface area contributed by atoms with E-state index in [1.54, 1.807) is 0 Å². The third-order valence-corrected chi connectivity index (χ3v) is 7.01. The van der Waals surface area contributed by atoms with Gasteiger partial charge in [0.15, 0.2) is 0 Å². The predicted octanol–water partition coefficient (Wildman–Crippen LogP) is 9.92. The van der Waals surface area contributed by atoms with Gasteiger partial charge in [0.1, 0.15) is 0 Å². The van der Waals surface area contributed by atoms with E-state index in [0.29, 0.717) is 0 Å². The first-order valence-corrected chi connectivity index (χ1v) is 12.3. The molecule has 0 aliphatic carbocycles. The van der Waals surface area contributed by atoms with Gasteiger partial charge in [-0.25, -0.2) is 0 Å². The maximum absolute atomic E-state index is 2.30. The van der Waals surface area contributed by atoms with Gasteiger partial charge >= 0.3 is 0 Å². The second-order valence-electron chi connectivity index (χ2n) is 11.5. The van der Waals surface area contributed by atoms with E-state index in [9.17, 15) is 0 Å². The fourth-order valence-corrected chi connectivity index (χ4v) is 5.02. The maximum atomic E-state index is 2.30. The van der Waals surface area contributed by atoms with Gasteiger partial charge in [-0.3, -0.25) is 0 Å². The molecule has 5 rings (SSSR count). The van der Waals surface area contributed by atoms with Crippen LogP contribution in [0.2, 0.25) is 0 Å². The van der Waals surface area contributed by atoms with E-state index in [2.05, 4.69) is 139 Å². The van der Waals surface area contributed by atoms with Crippen LogP contribution in [0, 0.1) is 0 Å². The SMILES string of the molecule is CC(C)(C)c1ccc(-c2c3ccccc3c(-c3ccc(C(C)(C)C)cc3)c3ccccc23)cc1. The summed E-state index contributed by atoms with van der Waals surface area (Å²) < 4.78 is 0. The first-order chi connectivity index (χ1) is 16.1. The molecule has 0 nitrogen and oxygen atoms in total. The van der Waals surface area contributed by atoms with Gasteiger partial charge in [0, 0.05) is 0 Å². The molecule has 0 heteroatoms. The molecule has 0 atom stereocenters. The van der Waals surface area contributed by atoms with Crippen molar-refractivity contribution >= 4 is 21.5 Å². The van der Waals surface area contributed by atoms with E-state index in [0.717, 1.165) is 0 Å². The Morgan fingerprint density at radius 3 is 0.853 bits per heavy atom. The monoisotopic (exact) mass is 442 g/mol. The Balaban J connectivity index is 1.81. The molecule has 0 aliphatic heterocycles. The summed E-state index contributed by atoms with van der Waals surface area (Å²) >= 11 is 0. The number of benzene rings is 5. The van der Waals surface area contributed by atoms with Crippen molar-refractivity contribution in [2.75, 3.05) is 0 Å². The topological polar surface area (TPSA) is 0 Å². The molecule has 0 radical (unpaired) electrons. The van der Waals surface area contributed by atoms with Gasteiger partial charge in [0.05, 0.1) is 0 Å². The van der Waals surface area contributed by atoms with Crippen molar-refractivity contribution < 1.29 is 0 Å². The first-order valence-electron chi connectivity index (χ1n) is 12.3. The van der Waals surface area contributed by atoms with Crippen LogP contribution in [0.1, 0.15) is 52.7 Å². The molecule has 0 bridgehead atoms. The number of fused-ring (bicyclic) bond motifs is 2. The molecule has 5 aromatic carbocycles. The summed E-state index contributed by atoms with van der Waals surface area (Å²) in [5.41, 5.74) is 8.20. The number of hydrogen-bond acceptors (Lipinski definition) is 0. The van der Waals surface area contributed by atoms with Crippen LogP contribution in [0.25, 0.3) is 43.8 Å². The summed E-state index contributed by atoms with van der Waals surface area (Å²) in [5.74, 6) is 0. The highest BCUT2D eigenvalue weighted by atomic mass is 14.2. The van der Waals surface area contributed by atoms with Gasteiger partial charge in [-0.05, 0) is 65.8 Å². The molecule has 0 unspecified atom stereocenters. The fourth-order valence-electron chi connectivity index (χ4n) is 5.02. The first kappa shape index (κ1) is 22.4. The molecule has 0 aliphatic rings. The molecule has 0 spiro atoms. The third kappa shape index (κ3) is 3.92. The Bertz CT molecular complexity index is 1300. The molecule has 0 heterocycles. The lowest BCUT2D eigenvalue weighted by atomic mass is 9.82. The van der Waals surface area contributed by atoms with Gasteiger partial charge < -0.3 is 0 Å². The Morgan fingerprint density at radius 1 is 0.353 bits per heavy atom. The quantitative estimate of drug-likeness (QED) is 0.239. The normalized spacial score (nSPS) is 12.4. The third-order valence-electron chi connectivity index (χ3n) is 7.01. The van der Waals surface area contributed by atoms with Crippen LogP contribution >= 0.6 is 0 Å². The molecule has 0 aromatic heterocycles. The van der Waals surface area contributed by atoms with E-state index >= 15 is 0 Å². The van der Waals surface area contributed by atoms with E-state index in [-0.39, 0.29) is 10.8 Å². The van der Waals surface area contributed by atoms with Crippen LogP contribution in [-0.2, 0) is 10.8 Å². The van der Waals surface area contributed by atoms with E-state index in [1.807, 2.05) is 0 Å². The summed E-state index contributed by atoms with van der Waals surface area (Å²) in [7, 11) is 0. The van der Waals surface area contributed by atoms with Gasteiger partial charge in [-0.2, -0.15) is 0 Å². The van der Waals surface area contributed by atoms with Crippen molar-refractivity contribution in [1.29, 1.82) is 0 Å². The van der Waals surface area contributed by atoms with Crippen molar-refractivity contribution in [3.63, 3.8) is 0 Å². The average molecular weight is 443 g/mol. The molecule has 0 amide bonds. The molecular formula is C34H34. The Hall–Kier alpha value is -3.38. The highest BCUT2D eigenvalue weighted by Crippen LogP contribution is 2.44. The lowest BCUT2D eigenvalue weighted by molar-refractivity contribution is 0.590. The van der Waals surface area contributed by atoms with Crippen LogP contribution in [-0.4, -0.2) is 0 Å². The van der Waals surface area contributed by atoms with Crippen LogP contribution in [0.5, 0.6) is 0 Å². The molecule has 34 heavy (non-hydrogen) atoms. The highest BCUT2D eigenvalue weighted by Gasteiger charge is 2.19. The lowest BCUT2D eigenvalue weighted by Gasteiger charge is -2.22. The minimum Gasteiger partial charge on any atom is -0.0616 e. The van der Waals surface area contributed by atoms with Gasteiger partial charge in [0.2, 0.25) is 0 Å². The molecule has 0 N–H and O–H groups in total. The van der Waals surface area contributed by atoms with Crippen LogP contribution in [0.3, 0.4) is 0 Å². The second-order valence-corrected chi connectivity index (χ2v) is 11.5. The number of rotatable bonds is 2.